The first-order valence-electron chi connectivity index (χ1n) is 9.90. The lowest BCUT2D eigenvalue weighted by atomic mass is 9.97. The Morgan fingerprint density at radius 1 is 1.25 bits per heavy atom. The summed E-state index contributed by atoms with van der Waals surface area (Å²) in [6, 6.07) is 9.40. The third-order valence-corrected chi connectivity index (χ3v) is 5.57. The van der Waals surface area contributed by atoms with Crippen molar-refractivity contribution in [3.8, 4) is 5.75 Å². The van der Waals surface area contributed by atoms with Gasteiger partial charge in [-0.1, -0.05) is 17.7 Å². The number of aryl methyl sites for hydroxylation is 2. The number of aliphatic hydroxyl groups excluding tert-OH is 1. The molecule has 1 aliphatic rings. The number of carbonyl (C=O) groups is 2. The van der Waals surface area contributed by atoms with E-state index in [-0.39, 0.29) is 34.2 Å². The van der Waals surface area contributed by atoms with E-state index >= 15 is 0 Å². The Hall–Kier alpha value is -3.58. The van der Waals surface area contributed by atoms with Crippen molar-refractivity contribution >= 4 is 29.1 Å². The molecule has 32 heavy (non-hydrogen) atoms. The SMILES string of the molecule is COc1c(Cl)cc(C)cc1/C(O)=C1\C(=O)C(=O)N(Cc2cccnc2)C1c1ccc(C)o1. The van der Waals surface area contributed by atoms with Gasteiger partial charge in [0.25, 0.3) is 11.7 Å². The van der Waals surface area contributed by atoms with Gasteiger partial charge < -0.3 is 19.2 Å². The van der Waals surface area contributed by atoms with E-state index in [4.69, 9.17) is 20.8 Å². The van der Waals surface area contributed by atoms with Gasteiger partial charge in [-0.15, -0.1) is 0 Å². The quantitative estimate of drug-likeness (QED) is 0.346. The molecule has 1 amide bonds. The van der Waals surface area contributed by atoms with Crippen molar-refractivity contribution in [2.24, 2.45) is 0 Å². The minimum atomic E-state index is -0.923. The summed E-state index contributed by atoms with van der Waals surface area (Å²) in [7, 11) is 1.42. The van der Waals surface area contributed by atoms with Crippen molar-refractivity contribution in [1.82, 2.24) is 9.88 Å². The Labute approximate surface area is 189 Å². The normalized spacial score (nSPS) is 17.8. The topological polar surface area (TPSA) is 92.9 Å². The number of hydrogen-bond acceptors (Lipinski definition) is 6. The molecular weight excluding hydrogens is 432 g/mol. The molecule has 3 aromatic rings. The first-order chi connectivity index (χ1) is 15.3. The average Bonchev–Trinajstić information content (AvgIpc) is 3.30. The summed E-state index contributed by atoms with van der Waals surface area (Å²) < 4.78 is 11.2. The molecule has 0 bridgehead atoms. The molecular formula is C24H21ClN2O5. The van der Waals surface area contributed by atoms with E-state index < -0.39 is 17.7 Å². The highest BCUT2D eigenvalue weighted by molar-refractivity contribution is 6.46. The van der Waals surface area contributed by atoms with Crippen LogP contribution in [-0.2, 0) is 16.1 Å². The van der Waals surface area contributed by atoms with Gasteiger partial charge in [0.2, 0.25) is 0 Å². The van der Waals surface area contributed by atoms with Crippen LogP contribution in [0, 0.1) is 13.8 Å². The maximum atomic E-state index is 13.1. The van der Waals surface area contributed by atoms with Crippen LogP contribution >= 0.6 is 11.6 Å². The first-order valence-corrected chi connectivity index (χ1v) is 10.3. The smallest absolute Gasteiger partial charge is 0.296 e. The lowest BCUT2D eigenvalue weighted by molar-refractivity contribution is -0.140. The zero-order valence-corrected chi connectivity index (χ0v) is 18.5. The number of Topliss-reactive ketones (excluding diaryl/α,β-unsaturated/α-hetero) is 1. The molecule has 1 aromatic carbocycles. The highest BCUT2D eigenvalue weighted by Gasteiger charge is 2.47. The maximum absolute atomic E-state index is 13.1. The fourth-order valence-corrected chi connectivity index (χ4v) is 4.24. The summed E-state index contributed by atoms with van der Waals surface area (Å²) in [4.78, 5) is 31.6. The lowest BCUT2D eigenvalue weighted by Crippen LogP contribution is -2.29. The van der Waals surface area contributed by atoms with E-state index in [9.17, 15) is 14.7 Å². The number of likely N-dealkylation sites (tertiary alicyclic amines) is 1. The number of amides is 1. The summed E-state index contributed by atoms with van der Waals surface area (Å²) in [5.41, 5.74) is 1.63. The number of ketones is 1. The van der Waals surface area contributed by atoms with Gasteiger partial charge >= 0.3 is 0 Å². The second-order valence-corrected chi connectivity index (χ2v) is 7.97. The average molecular weight is 453 g/mol. The number of halogens is 1. The molecule has 0 aliphatic carbocycles. The molecule has 1 unspecified atom stereocenters. The van der Waals surface area contributed by atoms with Crippen LogP contribution in [0.25, 0.3) is 5.76 Å². The number of carbonyl (C=O) groups excluding carboxylic acids is 2. The monoisotopic (exact) mass is 452 g/mol. The maximum Gasteiger partial charge on any atom is 0.296 e. The molecule has 1 N–H and O–H groups in total. The highest BCUT2D eigenvalue weighted by atomic mass is 35.5. The molecule has 164 valence electrons. The van der Waals surface area contributed by atoms with E-state index in [0.717, 1.165) is 11.1 Å². The lowest BCUT2D eigenvalue weighted by Gasteiger charge is -2.23. The van der Waals surface area contributed by atoms with Crippen LogP contribution in [0.3, 0.4) is 0 Å². The van der Waals surface area contributed by atoms with Crippen molar-refractivity contribution in [1.29, 1.82) is 0 Å². The van der Waals surface area contributed by atoms with Gasteiger partial charge in [0.05, 0.1) is 23.3 Å². The Morgan fingerprint density at radius 3 is 2.66 bits per heavy atom. The van der Waals surface area contributed by atoms with Gasteiger partial charge in [-0.3, -0.25) is 14.6 Å². The number of furan rings is 1. The van der Waals surface area contributed by atoms with E-state index in [2.05, 4.69) is 4.98 Å². The number of pyridine rings is 1. The number of aliphatic hydroxyl groups is 1. The van der Waals surface area contributed by atoms with Crippen LogP contribution in [0.5, 0.6) is 5.75 Å². The predicted molar refractivity (Wildman–Crippen MR) is 118 cm³/mol. The Morgan fingerprint density at radius 2 is 2.03 bits per heavy atom. The zero-order valence-electron chi connectivity index (χ0n) is 17.8. The summed E-state index contributed by atoms with van der Waals surface area (Å²) >= 11 is 6.30. The number of ether oxygens (including phenoxy) is 1. The van der Waals surface area contributed by atoms with Crippen molar-refractivity contribution in [3.05, 3.63) is 87.6 Å². The molecule has 1 atom stereocenters. The van der Waals surface area contributed by atoms with Gasteiger partial charge in [-0.05, 0) is 55.3 Å². The minimum absolute atomic E-state index is 0.0896. The molecule has 1 saturated heterocycles. The second kappa shape index (κ2) is 8.51. The summed E-state index contributed by atoms with van der Waals surface area (Å²) in [5.74, 6) is -0.744. The number of methoxy groups -OCH3 is 1. The molecule has 0 radical (unpaired) electrons. The number of aromatic nitrogens is 1. The number of benzene rings is 1. The molecule has 7 nitrogen and oxygen atoms in total. The zero-order chi connectivity index (χ0) is 23.0. The van der Waals surface area contributed by atoms with E-state index in [1.807, 2.05) is 0 Å². The molecule has 0 spiro atoms. The third-order valence-electron chi connectivity index (χ3n) is 5.29. The minimum Gasteiger partial charge on any atom is -0.507 e. The second-order valence-electron chi connectivity index (χ2n) is 7.56. The fourth-order valence-electron chi connectivity index (χ4n) is 3.89. The molecule has 1 aliphatic heterocycles. The first kappa shape index (κ1) is 21.6. The van der Waals surface area contributed by atoms with Gasteiger partial charge in [0, 0.05) is 18.9 Å². The number of rotatable bonds is 5. The van der Waals surface area contributed by atoms with Crippen molar-refractivity contribution in [2.75, 3.05) is 7.11 Å². The largest absolute Gasteiger partial charge is 0.507 e. The summed E-state index contributed by atoms with van der Waals surface area (Å²) in [6.45, 7) is 3.68. The van der Waals surface area contributed by atoms with Crippen LogP contribution in [0.1, 0.15) is 34.3 Å². The molecule has 0 saturated carbocycles. The van der Waals surface area contributed by atoms with Crippen LogP contribution in [0.2, 0.25) is 5.02 Å². The Bertz CT molecular complexity index is 1230. The van der Waals surface area contributed by atoms with Gasteiger partial charge in [-0.25, -0.2) is 0 Å². The van der Waals surface area contributed by atoms with E-state index in [0.29, 0.717) is 11.5 Å². The molecule has 3 heterocycles. The van der Waals surface area contributed by atoms with Gasteiger partial charge in [0.1, 0.15) is 29.1 Å². The number of nitrogens with zero attached hydrogens (tertiary/aromatic N) is 2. The van der Waals surface area contributed by atoms with Crippen LogP contribution < -0.4 is 4.74 Å². The van der Waals surface area contributed by atoms with Crippen LogP contribution in [-0.4, -0.2) is 33.8 Å². The third kappa shape index (κ3) is 3.76. The van der Waals surface area contributed by atoms with Gasteiger partial charge in [0.15, 0.2) is 0 Å². The molecule has 2 aromatic heterocycles. The fraction of sp³-hybridized carbons (Fsp3) is 0.208. The molecule has 8 heteroatoms. The van der Waals surface area contributed by atoms with Crippen LogP contribution in [0.4, 0.5) is 0 Å². The summed E-state index contributed by atoms with van der Waals surface area (Å²) in [6.07, 6.45) is 3.24. The molecule has 4 rings (SSSR count). The number of hydrogen-bond donors (Lipinski definition) is 1. The van der Waals surface area contributed by atoms with Gasteiger partial charge in [-0.2, -0.15) is 0 Å². The van der Waals surface area contributed by atoms with E-state index in [1.165, 1.54) is 12.0 Å². The predicted octanol–water partition coefficient (Wildman–Crippen LogP) is 4.58. The van der Waals surface area contributed by atoms with Crippen molar-refractivity contribution < 1.29 is 23.8 Å². The van der Waals surface area contributed by atoms with Crippen LogP contribution in [0.15, 0.2) is 58.8 Å². The van der Waals surface area contributed by atoms with Crippen molar-refractivity contribution in [2.45, 2.75) is 26.4 Å². The van der Waals surface area contributed by atoms with Crippen molar-refractivity contribution in [3.63, 3.8) is 0 Å². The Balaban J connectivity index is 1.92. The highest BCUT2D eigenvalue weighted by Crippen LogP contribution is 2.43. The standard InChI is InChI=1S/C24H21ClN2O5/c1-13-9-16(23(31-3)17(25)10-13)21(28)19-20(18-7-6-14(2)32-18)27(24(30)22(19)29)12-15-5-4-8-26-11-15/h4-11,20,28H,12H2,1-3H3/b21-19+. The summed E-state index contributed by atoms with van der Waals surface area (Å²) in [5, 5.41) is 11.6. The molecule has 1 fully saturated rings. The Kier molecular flexibility index (Phi) is 5.76. The van der Waals surface area contributed by atoms with E-state index in [1.54, 1.807) is 62.6 Å².